The summed E-state index contributed by atoms with van der Waals surface area (Å²) in [6.07, 6.45) is -1.63. The van der Waals surface area contributed by atoms with Crippen LogP contribution in [0.15, 0.2) is 28.7 Å². The van der Waals surface area contributed by atoms with Gasteiger partial charge in [0.1, 0.15) is 5.58 Å². The third-order valence-electron chi connectivity index (χ3n) is 2.64. The lowest BCUT2D eigenvalue weighted by Crippen LogP contribution is -2.36. The number of aliphatic carboxylic acids is 1. The maximum absolute atomic E-state index is 11.7. The maximum atomic E-state index is 11.7. The number of carboxylic acid groups (broad SMARTS) is 1. The molecule has 0 aliphatic carbocycles. The summed E-state index contributed by atoms with van der Waals surface area (Å²) < 4.78 is 5.34. The van der Waals surface area contributed by atoms with Crippen molar-refractivity contribution >= 4 is 22.8 Å². The van der Waals surface area contributed by atoms with Gasteiger partial charge in [0, 0.05) is 5.39 Å². The summed E-state index contributed by atoms with van der Waals surface area (Å²) in [5.74, 6) is -1.87. The van der Waals surface area contributed by atoms with Crippen LogP contribution in [0.2, 0.25) is 0 Å². The third-order valence-corrected chi connectivity index (χ3v) is 2.64. The second-order valence-corrected chi connectivity index (χ2v) is 4.22. The Balaban J connectivity index is 2.11. The van der Waals surface area contributed by atoms with E-state index in [1.54, 1.807) is 12.1 Å². The Bertz CT molecular complexity index is 631. The molecule has 3 N–H and O–H groups in total. The average Bonchev–Trinajstić information content (AvgIpc) is 2.78. The molecule has 100 valence electrons. The fourth-order valence-electron chi connectivity index (χ4n) is 1.64. The van der Waals surface area contributed by atoms with Gasteiger partial charge in [-0.15, -0.1) is 0 Å². The third kappa shape index (κ3) is 2.92. The molecule has 6 nitrogen and oxygen atoms in total. The van der Waals surface area contributed by atoms with Gasteiger partial charge in [-0.2, -0.15) is 0 Å². The Morgan fingerprint density at radius 1 is 1.37 bits per heavy atom. The first-order valence-electron chi connectivity index (χ1n) is 5.66. The highest BCUT2D eigenvalue weighted by molar-refractivity contribution is 5.96. The van der Waals surface area contributed by atoms with Gasteiger partial charge < -0.3 is 19.9 Å². The number of aryl methyl sites for hydroxylation is 1. The molecule has 0 spiro atoms. The molecule has 2 rings (SSSR count). The summed E-state index contributed by atoms with van der Waals surface area (Å²) in [5.41, 5.74) is 1.62. The van der Waals surface area contributed by atoms with Gasteiger partial charge in [0.05, 0.1) is 6.54 Å². The smallest absolute Gasteiger partial charge is 0.334 e. The van der Waals surface area contributed by atoms with Crippen molar-refractivity contribution in [2.24, 2.45) is 0 Å². The molecule has 0 radical (unpaired) electrons. The molecule has 0 saturated heterocycles. The summed E-state index contributed by atoms with van der Waals surface area (Å²) in [6.45, 7) is 1.56. The Kier molecular flexibility index (Phi) is 3.52. The molecule has 1 aromatic carbocycles. The van der Waals surface area contributed by atoms with Gasteiger partial charge in [-0.05, 0) is 25.1 Å². The minimum atomic E-state index is -1.63. The number of carbonyl (C=O) groups excluding carboxylic acids is 1. The summed E-state index contributed by atoms with van der Waals surface area (Å²) in [6, 6.07) is 7.07. The van der Waals surface area contributed by atoms with E-state index in [-0.39, 0.29) is 12.3 Å². The van der Waals surface area contributed by atoms with Gasteiger partial charge >= 0.3 is 5.97 Å². The number of carbonyl (C=O) groups is 2. The largest absolute Gasteiger partial charge is 0.479 e. The topological polar surface area (TPSA) is 99.8 Å². The average molecular weight is 263 g/mol. The van der Waals surface area contributed by atoms with Crippen LogP contribution in [0.3, 0.4) is 0 Å². The molecule has 2 aromatic rings. The summed E-state index contributed by atoms with van der Waals surface area (Å²) in [4.78, 5) is 22.1. The Labute approximate surface area is 108 Å². The standard InChI is InChI=1S/C13H13NO5/c1-7-2-3-10-8(4-7)5-11(19-10)12(16)14-6-9(15)13(17)18/h2-5,9,15H,6H2,1H3,(H,14,16)(H,17,18). The number of furan rings is 1. The van der Waals surface area contributed by atoms with E-state index < -0.39 is 18.0 Å². The minimum Gasteiger partial charge on any atom is -0.479 e. The number of hydrogen-bond acceptors (Lipinski definition) is 4. The van der Waals surface area contributed by atoms with E-state index >= 15 is 0 Å². The van der Waals surface area contributed by atoms with E-state index in [0.29, 0.717) is 5.58 Å². The van der Waals surface area contributed by atoms with Gasteiger partial charge in [-0.1, -0.05) is 11.6 Å². The lowest BCUT2D eigenvalue weighted by molar-refractivity contribution is -0.146. The van der Waals surface area contributed by atoms with E-state index in [1.165, 1.54) is 0 Å². The second-order valence-electron chi connectivity index (χ2n) is 4.22. The number of aliphatic hydroxyl groups is 1. The predicted octanol–water partition coefficient (Wildman–Crippen LogP) is 0.917. The van der Waals surface area contributed by atoms with Gasteiger partial charge in [0.15, 0.2) is 11.9 Å². The first-order chi connectivity index (χ1) is 8.97. The number of fused-ring (bicyclic) bond motifs is 1. The number of benzene rings is 1. The molecule has 1 aromatic heterocycles. The van der Waals surface area contributed by atoms with E-state index in [9.17, 15) is 9.59 Å². The van der Waals surface area contributed by atoms with Crippen molar-refractivity contribution in [3.8, 4) is 0 Å². The highest BCUT2D eigenvalue weighted by Crippen LogP contribution is 2.20. The number of carboxylic acids is 1. The van der Waals surface area contributed by atoms with Crippen molar-refractivity contribution in [3.05, 3.63) is 35.6 Å². The second kappa shape index (κ2) is 5.11. The molecule has 0 aliphatic heterocycles. The van der Waals surface area contributed by atoms with Gasteiger partial charge in [-0.25, -0.2) is 4.79 Å². The fraction of sp³-hybridized carbons (Fsp3) is 0.231. The van der Waals surface area contributed by atoms with Crippen LogP contribution in [0.4, 0.5) is 0 Å². The monoisotopic (exact) mass is 263 g/mol. The summed E-state index contributed by atoms with van der Waals surface area (Å²) in [5, 5.41) is 20.6. The quantitative estimate of drug-likeness (QED) is 0.761. The van der Waals surface area contributed by atoms with Crippen LogP contribution >= 0.6 is 0 Å². The van der Waals surface area contributed by atoms with Crippen molar-refractivity contribution in [1.82, 2.24) is 5.32 Å². The lowest BCUT2D eigenvalue weighted by atomic mass is 10.2. The van der Waals surface area contributed by atoms with Crippen LogP contribution in [-0.2, 0) is 4.79 Å². The highest BCUT2D eigenvalue weighted by atomic mass is 16.4. The van der Waals surface area contributed by atoms with Crippen LogP contribution in [0.25, 0.3) is 11.0 Å². The van der Waals surface area contributed by atoms with Crippen molar-refractivity contribution in [2.45, 2.75) is 13.0 Å². The predicted molar refractivity (Wildman–Crippen MR) is 66.9 cm³/mol. The first kappa shape index (κ1) is 13.1. The fourth-order valence-corrected chi connectivity index (χ4v) is 1.64. The normalized spacial score (nSPS) is 12.3. The molecule has 0 saturated carbocycles. The van der Waals surface area contributed by atoms with Gasteiger partial charge in [-0.3, -0.25) is 4.79 Å². The maximum Gasteiger partial charge on any atom is 0.334 e. The molecule has 6 heteroatoms. The number of rotatable bonds is 4. The molecule has 0 bridgehead atoms. The van der Waals surface area contributed by atoms with Gasteiger partial charge in [0.25, 0.3) is 5.91 Å². The summed E-state index contributed by atoms with van der Waals surface area (Å²) >= 11 is 0. The van der Waals surface area contributed by atoms with E-state index in [2.05, 4.69) is 5.32 Å². The number of aliphatic hydroxyl groups excluding tert-OH is 1. The molecular weight excluding hydrogens is 250 g/mol. The molecule has 0 fully saturated rings. The minimum absolute atomic E-state index is 0.0817. The number of nitrogens with one attached hydrogen (secondary N) is 1. The van der Waals surface area contributed by atoms with E-state index in [1.807, 2.05) is 19.1 Å². The zero-order chi connectivity index (χ0) is 14.0. The molecule has 1 atom stereocenters. The van der Waals surface area contributed by atoms with Crippen LogP contribution in [-0.4, -0.2) is 34.7 Å². The first-order valence-corrected chi connectivity index (χ1v) is 5.66. The Morgan fingerprint density at radius 2 is 2.11 bits per heavy atom. The Hall–Kier alpha value is -2.34. The zero-order valence-corrected chi connectivity index (χ0v) is 10.2. The SMILES string of the molecule is Cc1ccc2oc(C(=O)NCC(O)C(=O)O)cc2c1. The molecule has 0 aliphatic rings. The van der Waals surface area contributed by atoms with Crippen LogP contribution in [0, 0.1) is 6.92 Å². The van der Waals surface area contributed by atoms with Crippen LogP contribution < -0.4 is 5.32 Å². The van der Waals surface area contributed by atoms with E-state index in [4.69, 9.17) is 14.6 Å². The van der Waals surface area contributed by atoms with Crippen molar-refractivity contribution < 1.29 is 24.2 Å². The van der Waals surface area contributed by atoms with Crippen molar-refractivity contribution in [3.63, 3.8) is 0 Å². The molecule has 1 amide bonds. The Morgan fingerprint density at radius 3 is 2.79 bits per heavy atom. The number of amides is 1. The molecular formula is C13H13NO5. The molecule has 1 unspecified atom stereocenters. The van der Waals surface area contributed by atoms with Crippen LogP contribution in [0.5, 0.6) is 0 Å². The van der Waals surface area contributed by atoms with Crippen molar-refractivity contribution in [1.29, 1.82) is 0 Å². The molecule has 1 heterocycles. The van der Waals surface area contributed by atoms with Crippen LogP contribution in [0.1, 0.15) is 16.1 Å². The van der Waals surface area contributed by atoms with Gasteiger partial charge in [0.2, 0.25) is 0 Å². The summed E-state index contributed by atoms with van der Waals surface area (Å²) in [7, 11) is 0. The van der Waals surface area contributed by atoms with E-state index in [0.717, 1.165) is 10.9 Å². The lowest BCUT2D eigenvalue weighted by Gasteiger charge is -2.05. The zero-order valence-electron chi connectivity index (χ0n) is 10.2. The molecule has 19 heavy (non-hydrogen) atoms. The van der Waals surface area contributed by atoms with Crippen molar-refractivity contribution in [2.75, 3.05) is 6.54 Å². The number of hydrogen-bond donors (Lipinski definition) is 3. The highest BCUT2D eigenvalue weighted by Gasteiger charge is 2.17.